The van der Waals surface area contributed by atoms with Gasteiger partial charge in [0, 0.05) is 18.8 Å². The Bertz CT molecular complexity index is 790. The van der Waals surface area contributed by atoms with Gasteiger partial charge in [0.2, 0.25) is 0 Å². The molecule has 24 heavy (non-hydrogen) atoms. The van der Waals surface area contributed by atoms with Gasteiger partial charge in [0.1, 0.15) is 5.56 Å². The van der Waals surface area contributed by atoms with Gasteiger partial charge in [-0.25, -0.2) is 0 Å². The minimum atomic E-state index is -0.215. The fourth-order valence-electron chi connectivity index (χ4n) is 3.07. The number of hydrogen-bond acceptors (Lipinski definition) is 3. The third-order valence-electron chi connectivity index (χ3n) is 4.40. The number of carbonyl (C=O) groups excluding carboxylic acids is 1. The first-order valence-corrected chi connectivity index (χ1v) is 8.20. The number of rotatable bonds is 3. The minimum Gasteiger partial charge on any atom is -0.378 e. The zero-order chi connectivity index (χ0) is 17.1. The smallest absolute Gasteiger partial charge is 0.264 e. The van der Waals surface area contributed by atoms with Crippen LogP contribution in [0, 0.1) is 13.8 Å². The molecule has 2 heterocycles. The third-order valence-corrected chi connectivity index (χ3v) is 4.40. The lowest BCUT2D eigenvalue weighted by atomic mass is 10.1. The Hall–Kier alpha value is -2.40. The van der Waals surface area contributed by atoms with Crippen molar-refractivity contribution >= 4 is 5.91 Å². The molecule has 0 saturated carbocycles. The number of benzene rings is 1. The highest BCUT2D eigenvalue weighted by Crippen LogP contribution is 2.12. The number of pyridine rings is 1. The summed E-state index contributed by atoms with van der Waals surface area (Å²) < 4.78 is 6.97. The highest BCUT2D eigenvalue weighted by atomic mass is 16.5. The molecule has 0 spiro atoms. The van der Waals surface area contributed by atoms with Crippen LogP contribution in [-0.4, -0.2) is 41.7 Å². The van der Waals surface area contributed by atoms with Crippen LogP contribution < -0.4 is 5.56 Å². The number of morpholine rings is 1. The van der Waals surface area contributed by atoms with Gasteiger partial charge in [-0.2, -0.15) is 0 Å². The molecule has 5 nitrogen and oxygen atoms in total. The average Bonchev–Trinajstić information content (AvgIpc) is 2.60. The third kappa shape index (κ3) is 3.26. The monoisotopic (exact) mass is 326 g/mol. The van der Waals surface area contributed by atoms with Gasteiger partial charge in [0.25, 0.3) is 11.5 Å². The van der Waals surface area contributed by atoms with Crippen LogP contribution in [0.1, 0.15) is 27.2 Å². The van der Waals surface area contributed by atoms with E-state index in [4.69, 9.17) is 4.74 Å². The van der Waals surface area contributed by atoms with Crippen molar-refractivity contribution in [3.8, 4) is 0 Å². The lowest BCUT2D eigenvalue weighted by molar-refractivity contribution is 0.0300. The van der Waals surface area contributed by atoms with Crippen LogP contribution in [0.2, 0.25) is 0 Å². The molecule has 2 aromatic rings. The SMILES string of the molecule is Cc1cc(C)n(Cc2ccccc2)c(=O)c1C(=O)N1CCOCC1. The molecule has 3 rings (SSSR count). The molecule has 0 unspecified atom stereocenters. The van der Waals surface area contributed by atoms with Gasteiger partial charge in [-0.3, -0.25) is 9.59 Å². The fourth-order valence-corrected chi connectivity index (χ4v) is 3.07. The quantitative estimate of drug-likeness (QED) is 0.867. The lowest BCUT2D eigenvalue weighted by Crippen LogP contribution is -2.44. The number of carbonyl (C=O) groups is 1. The second-order valence-electron chi connectivity index (χ2n) is 6.13. The molecule has 126 valence electrons. The number of nitrogens with zero attached hydrogens (tertiary/aromatic N) is 2. The first kappa shape index (κ1) is 16.5. The van der Waals surface area contributed by atoms with Gasteiger partial charge in [0.05, 0.1) is 19.8 Å². The van der Waals surface area contributed by atoms with Gasteiger partial charge < -0.3 is 14.2 Å². The van der Waals surface area contributed by atoms with Crippen LogP contribution in [0.25, 0.3) is 0 Å². The molecule has 1 saturated heterocycles. The summed E-state index contributed by atoms with van der Waals surface area (Å²) in [6, 6.07) is 11.7. The number of amides is 1. The molecule has 1 aromatic carbocycles. The summed E-state index contributed by atoms with van der Waals surface area (Å²) >= 11 is 0. The van der Waals surface area contributed by atoms with E-state index in [1.54, 1.807) is 9.47 Å². The second-order valence-corrected chi connectivity index (χ2v) is 6.13. The highest BCUT2D eigenvalue weighted by Gasteiger charge is 2.24. The summed E-state index contributed by atoms with van der Waals surface area (Å²) in [5.74, 6) is -0.192. The Balaban J connectivity index is 1.99. The van der Waals surface area contributed by atoms with E-state index in [9.17, 15) is 9.59 Å². The van der Waals surface area contributed by atoms with Gasteiger partial charge in [-0.05, 0) is 31.0 Å². The molecule has 1 fully saturated rings. The van der Waals surface area contributed by atoms with Gasteiger partial charge >= 0.3 is 0 Å². The van der Waals surface area contributed by atoms with E-state index in [0.717, 1.165) is 16.8 Å². The number of ether oxygens (including phenoxy) is 1. The number of aromatic nitrogens is 1. The van der Waals surface area contributed by atoms with Crippen molar-refractivity contribution < 1.29 is 9.53 Å². The van der Waals surface area contributed by atoms with Crippen LogP contribution in [0.4, 0.5) is 0 Å². The second kappa shape index (κ2) is 7.01. The minimum absolute atomic E-state index is 0.192. The first-order valence-electron chi connectivity index (χ1n) is 8.20. The van der Waals surface area contributed by atoms with E-state index in [2.05, 4.69) is 0 Å². The molecule has 0 radical (unpaired) electrons. The van der Waals surface area contributed by atoms with E-state index in [1.165, 1.54) is 0 Å². The molecule has 1 aliphatic heterocycles. The molecule has 0 N–H and O–H groups in total. The Morgan fingerprint density at radius 1 is 1.12 bits per heavy atom. The summed E-state index contributed by atoms with van der Waals surface area (Å²) in [5.41, 5.74) is 2.70. The molecular formula is C19H22N2O3. The summed E-state index contributed by atoms with van der Waals surface area (Å²) in [4.78, 5) is 27.5. The van der Waals surface area contributed by atoms with Crippen molar-refractivity contribution in [2.45, 2.75) is 20.4 Å². The standard InChI is InChI=1S/C19H22N2O3/c1-14-12-15(2)21(13-16-6-4-3-5-7-16)19(23)17(14)18(22)20-8-10-24-11-9-20/h3-7,12H,8-11,13H2,1-2H3. The van der Waals surface area contributed by atoms with E-state index in [1.807, 2.05) is 50.2 Å². The molecule has 0 atom stereocenters. The number of aryl methyl sites for hydroxylation is 2. The normalized spacial score (nSPS) is 14.7. The van der Waals surface area contributed by atoms with Crippen LogP contribution in [-0.2, 0) is 11.3 Å². The van der Waals surface area contributed by atoms with Crippen LogP contribution in [0.3, 0.4) is 0 Å². The Morgan fingerprint density at radius 2 is 1.79 bits per heavy atom. The maximum absolute atomic E-state index is 13.0. The average molecular weight is 326 g/mol. The summed E-state index contributed by atoms with van der Waals surface area (Å²) in [6.07, 6.45) is 0. The predicted molar refractivity (Wildman–Crippen MR) is 92.4 cm³/mol. The first-order chi connectivity index (χ1) is 11.6. The Kier molecular flexibility index (Phi) is 4.81. The largest absolute Gasteiger partial charge is 0.378 e. The topological polar surface area (TPSA) is 51.5 Å². The molecular weight excluding hydrogens is 304 g/mol. The molecule has 1 amide bonds. The van der Waals surface area contributed by atoms with Gasteiger partial charge in [-0.1, -0.05) is 30.3 Å². The Labute approximate surface area is 141 Å². The maximum atomic E-state index is 13.0. The molecule has 1 aliphatic rings. The van der Waals surface area contributed by atoms with E-state index >= 15 is 0 Å². The van der Waals surface area contributed by atoms with Crippen molar-refractivity contribution in [2.75, 3.05) is 26.3 Å². The van der Waals surface area contributed by atoms with Crippen LogP contribution in [0.15, 0.2) is 41.2 Å². The van der Waals surface area contributed by atoms with Crippen molar-refractivity contribution in [1.82, 2.24) is 9.47 Å². The predicted octanol–water partition coefficient (Wildman–Crippen LogP) is 1.99. The zero-order valence-electron chi connectivity index (χ0n) is 14.1. The van der Waals surface area contributed by atoms with E-state index in [-0.39, 0.29) is 17.0 Å². The van der Waals surface area contributed by atoms with E-state index in [0.29, 0.717) is 32.8 Å². The Morgan fingerprint density at radius 3 is 2.46 bits per heavy atom. The summed E-state index contributed by atoms with van der Waals surface area (Å²) in [7, 11) is 0. The zero-order valence-corrected chi connectivity index (χ0v) is 14.1. The van der Waals surface area contributed by atoms with Crippen molar-refractivity contribution in [2.24, 2.45) is 0 Å². The molecule has 1 aromatic heterocycles. The van der Waals surface area contributed by atoms with Crippen molar-refractivity contribution in [3.63, 3.8) is 0 Å². The summed E-state index contributed by atoms with van der Waals surface area (Å²) in [6.45, 7) is 6.31. The summed E-state index contributed by atoms with van der Waals surface area (Å²) in [5, 5.41) is 0. The van der Waals surface area contributed by atoms with E-state index < -0.39 is 0 Å². The molecule has 0 aliphatic carbocycles. The van der Waals surface area contributed by atoms with Crippen molar-refractivity contribution in [3.05, 3.63) is 69.1 Å². The van der Waals surface area contributed by atoms with Gasteiger partial charge in [0.15, 0.2) is 0 Å². The lowest BCUT2D eigenvalue weighted by Gasteiger charge is -2.27. The van der Waals surface area contributed by atoms with Gasteiger partial charge in [-0.15, -0.1) is 0 Å². The van der Waals surface area contributed by atoms with Crippen LogP contribution in [0.5, 0.6) is 0 Å². The molecule has 0 bridgehead atoms. The van der Waals surface area contributed by atoms with Crippen molar-refractivity contribution in [1.29, 1.82) is 0 Å². The maximum Gasteiger partial charge on any atom is 0.264 e. The number of hydrogen-bond donors (Lipinski definition) is 0. The fraction of sp³-hybridized carbons (Fsp3) is 0.368. The highest BCUT2D eigenvalue weighted by molar-refractivity contribution is 5.95. The molecule has 5 heteroatoms. The van der Waals surface area contributed by atoms with Crippen LogP contribution >= 0.6 is 0 Å².